The number of nitrogens with two attached hydrogens (primary N) is 1. The van der Waals surface area contributed by atoms with Gasteiger partial charge in [0.1, 0.15) is 0 Å². The van der Waals surface area contributed by atoms with Crippen LogP contribution in [0.1, 0.15) is 5.56 Å². The van der Waals surface area contributed by atoms with E-state index in [0.717, 1.165) is 22.9 Å². The number of amides is 3. The number of aromatic nitrogens is 2. The second-order valence-corrected chi connectivity index (χ2v) is 4.87. The van der Waals surface area contributed by atoms with Crippen molar-refractivity contribution in [3.05, 3.63) is 29.8 Å². The van der Waals surface area contributed by atoms with E-state index >= 15 is 0 Å². The molecule has 1 aromatic carbocycles. The fourth-order valence-electron chi connectivity index (χ4n) is 1.38. The Kier molecular flexibility index (Phi) is 4.36. The summed E-state index contributed by atoms with van der Waals surface area (Å²) in [5.41, 5.74) is 6.76. The van der Waals surface area contributed by atoms with Crippen molar-refractivity contribution in [2.24, 2.45) is 5.73 Å². The molecular weight excluding hydrogens is 280 g/mol. The van der Waals surface area contributed by atoms with E-state index in [0.29, 0.717) is 5.89 Å². The molecule has 0 radical (unpaired) electrons. The molecule has 0 unspecified atom stereocenters. The summed E-state index contributed by atoms with van der Waals surface area (Å²) in [6.07, 6.45) is 0. The van der Waals surface area contributed by atoms with Crippen LogP contribution in [0.25, 0.3) is 11.5 Å². The normalized spacial score (nSPS) is 10.2. The number of hydrogen-bond acceptors (Lipinski definition) is 6. The first-order valence-corrected chi connectivity index (χ1v) is 6.66. The zero-order valence-corrected chi connectivity index (χ0v) is 11.4. The minimum Gasteiger partial charge on any atom is -0.411 e. The van der Waals surface area contributed by atoms with Gasteiger partial charge in [0.15, 0.2) is 0 Å². The van der Waals surface area contributed by atoms with E-state index in [9.17, 15) is 9.59 Å². The van der Waals surface area contributed by atoms with Crippen molar-refractivity contribution in [2.45, 2.75) is 12.1 Å². The van der Waals surface area contributed by atoms with Crippen molar-refractivity contribution >= 4 is 23.7 Å². The zero-order chi connectivity index (χ0) is 14.5. The van der Waals surface area contributed by atoms with Crippen molar-refractivity contribution in [3.8, 4) is 11.5 Å². The van der Waals surface area contributed by atoms with Gasteiger partial charge >= 0.3 is 6.03 Å². The molecule has 1 heterocycles. The van der Waals surface area contributed by atoms with Crippen LogP contribution in [0.5, 0.6) is 0 Å². The molecule has 3 amide bonds. The number of hydrogen-bond donors (Lipinski definition) is 2. The number of rotatable bonds is 4. The molecule has 2 rings (SSSR count). The van der Waals surface area contributed by atoms with Crippen molar-refractivity contribution in [2.75, 3.05) is 5.75 Å². The highest BCUT2D eigenvalue weighted by Gasteiger charge is 2.11. The Bertz CT molecular complexity index is 624. The van der Waals surface area contributed by atoms with Crippen molar-refractivity contribution in [1.29, 1.82) is 0 Å². The first-order valence-electron chi connectivity index (χ1n) is 5.67. The predicted molar refractivity (Wildman–Crippen MR) is 72.9 cm³/mol. The number of carbonyl (C=O) groups excluding carboxylic acids is 2. The van der Waals surface area contributed by atoms with Gasteiger partial charge in [0.05, 0.1) is 5.75 Å². The van der Waals surface area contributed by atoms with Crippen LogP contribution in [0.15, 0.2) is 33.9 Å². The van der Waals surface area contributed by atoms with Gasteiger partial charge in [-0.15, -0.1) is 10.2 Å². The van der Waals surface area contributed by atoms with E-state index in [1.165, 1.54) is 0 Å². The molecule has 0 saturated carbocycles. The fraction of sp³-hybridized carbons (Fsp3) is 0.167. The molecule has 0 aliphatic heterocycles. The highest BCUT2D eigenvalue weighted by Crippen LogP contribution is 2.23. The van der Waals surface area contributed by atoms with Crippen LogP contribution < -0.4 is 11.1 Å². The molecule has 0 atom stereocenters. The minimum absolute atomic E-state index is 0.0293. The van der Waals surface area contributed by atoms with Gasteiger partial charge in [0.2, 0.25) is 11.8 Å². The molecule has 1 aromatic heterocycles. The van der Waals surface area contributed by atoms with E-state index in [2.05, 4.69) is 10.2 Å². The number of nitrogens with zero attached hydrogens (tertiary/aromatic N) is 2. The monoisotopic (exact) mass is 292 g/mol. The molecule has 0 bridgehead atoms. The second kappa shape index (κ2) is 6.20. The van der Waals surface area contributed by atoms with Gasteiger partial charge in [0, 0.05) is 5.56 Å². The number of aryl methyl sites for hydroxylation is 1. The summed E-state index contributed by atoms with van der Waals surface area (Å²) in [7, 11) is 0. The molecule has 8 heteroatoms. The SMILES string of the molecule is Cc1ccc(-c2nnc(SCC(=O)NC(N)=O)o2)cc1. The molecule has 20 heavy (non-hydrogen) atoms. The van der Waals surface area contributed by atoms with Crippen LogP contribution in [-0.2, 0) is 4.79 Å². The summed E-state index contributed by atoms with van der Waals surface area (Å²) in [5.74, 6) is -0.168. The van der Waals surface area contributed by atoms with Gasteiger partial charge in [-0.2, -0.15) is 0 Å². The second-order valence-electron chi connectivity index (χ2n) is 3.94. The molecule has 7 nitrogen and oxygen atoms in total. The van der Waals surface area contributed by atoms with E-state index in [1.807, 2.05) is 36.5 Å². The summed E-state index contributed by atoms with van der Waals surface area (Å²) in [6, 6.07) is 6.73. The van der Waals surface area contributed by atoms with Crippen LogP contribution in [0.2, 0.25) is 0 Å². The number of primary amides is 1. The lowest BCUT2D eigenvalue weighted by atomic mass is 10.1. The minimum atomic E-state index is -0.888. The van der Waals surface area contributed by atoms with Gasteiger partial charge in [-0.25, -0.2) is 4.79 Å². The summed E-state index contributed by atoms with van der Waals surface area (Å²) in [4.78, 5) is 21.7. The highest BCUT2D eigenvalue weighted by molar-refractivity contribution is 7.99. The van der Waals surface area contributed by atoms with Crippen molar-refractivity contribution in [1.82, 2.24) is 15.5 Å². The number of urea groups is 1. The Hall–Kier alpha value is -2.35. The highest BCUT2D eigenvalue weighted by atomic mass is 32.2. The number of nitrogens with one attached hydrogen (secondary N) is 1. The number of carbonyl (C=O) groups is 2. The third kappa shape index (κ3) is 3.82. The quantitative estimate of drug-likeness (QED) is 0.822. The molecule has 3 N–H and O–H groups in total. The van der Waals surface area contributed by atoms with E-state index in [-0.39, 0.29) is 11.0 Å². The van der Waals surface area contributed by atoms with Gasteiger partial charge in [0.25, 0.3) is 5.22 Å². The van der Waals surface area contributed by atoms with Crippen LogP contribution in [0.3, 0.4) is 0 Å². The van der Waals surface area contributed by atoms with Crippen molar-refractivity contribution in [3.63, 3.8) is 0 Å². The molecule has 104 valence electrons. The first kappa shape index (κ1) is 14.1. The lowest BCUT2D eigenvalue weighted by Gasteiger charge is -1.97. The average Bonchev–Trinajstić information content (AvgIpc) is 2.85. The molecule has 2 aromatic rings. The third-order valence-corrected chi connectivity index (χ3v) is 3.11. The van der Waals surface area contributed by atoms with E-state index in [1.54, 1.807) is 0 Å². The van der Waals surface area contributed by atoms with Crippen LogP contribution in [0, 0.1) is 6.92 Å². The van der Waals surface area contributed by atoms with Crippen LogP contribution >= 0.6 is 11.8 Å². The molecule has 0 aliphatic carbocycles. The number of benzene rings is 1. The topological polar surface area (TPSA) is 111 Å². The largest absolute Gasteiger partial charge is 0.411 e. The van der Waals surface area contributed by atoms with Crippen LogP contribution in [0.4, 0.5) is 4.79 Å². The lowest BCUT2D eigenvalue weighted by molar-refractivity contribution is -0.117. The Balaban J connectivity index is 1.97. The third-order valence-electron chi connectivity index (χ3n) is 2.29. The average molecular weight is 292 g/mol. The summed E-state index contributed by atoms with van der Waals surface area (Å²) >= 11 is 1.03. The summed E-state index contributed by atoms with van der Waals surface area (Å²) < 4.78 is 5.41. The maximum atomic E-state index is 11.2. The summed E-state index contributed by atoms with van der Waals surface area (Å²) in [6.45, 7) is 1.98. The predicted octanol–water partition coefficient (Wildman–Crippen LogP) is 1.33. The summed E-state index contributed by atoms with van der Waals surface area (Å²) in [5, 5.41) is 9.91. The van der Waals surface area contributed by atoms with E-state index < -0.39 is 11.9 Å². The Morgan fingerprint density at radius 3 is 2.65 bits per heavy atom. The van der Waals surface area contributed by atoms with E-state index in [4.69, 9.17) is 10.2 Å². The standard InChI is InChI=1S/C12H12N4O3S/c1-7-2-4-8(5-3-7)10-15-16-12(19-10)20-6-9(17)14-11(13)18/h2-5H,6H2,1H3,(H3,13,14,17,18). The lowest BCUT2D eigenvalue weighted by Crippen LogP contribution is -2.36. The molecular formula is C12H12N4O3S. The van der Waals surface area contributed by atoms with Gasteiger partial charge in [-0.3, -0.25) is 10.1 Å². The molecule has 0 aliphatic rings. The Morgan fingerprint density at radius 2 is 2.00 bits per heavy atom. The fourth-order valence-corrected chi connectivity index (χ4v) is 1.94. The van der Waals surface area contributed by atoms with Crippen molar-refractivity contribution < 1.29 is 14.0 Å². The van der Waals surface area contributed by atoms with Gasteiger partial charge in [-0.1, -0.05) is 29.5 Å². The number of thioether (sulfide) groups is 1. The smallest absolute Gasteiger partial charge is 0.318 e. The van der Waals surface area contributed by atoms with Gasteiger partial charge in [-0.05, 0) is 19.1 Å². The van der Waals surface area contributed by atoms with Crippen LogP contribution in [-0.4, -0.2) is 27.9 Å². The maximum absolute atomic E-state index is 11.2. The molecule has 0 saturated heterocycles. The van der Waals surface area contributed by atoms with Gasteiger partial charge < -0.3 is 10.2 Å². The Labute approximate surface area is 118 Å². The molecule has 0 fully saturated rings. The number of imide groups is 1. The maximum Gasteiger partial charge on any atom is 0.318 e. The first-order chi connectivity index (χ1) is 9.54. The molecule has 0 spiro atoms. The zero-order valence-electron chi connectivity index (χ0n) is 10.6. The Morgan fingerprint density at radius 1 is 1.30 bits per heavy atom.